The van der Waals surface area contributed by atoms with E-state index in [2.05, 4.69) is 10.6 Å². The van der Waals surface area contributed by atoms with Crippen LogP contribution in [0.2, 0.25) is 0 Å². The van der Waals surface area contributed by atoms with Crippen molar-refractivity contribution in [3.8, 4) is 17.2 Å². The van der Waals surface area contributed by atoms with E-state index in [4.69, 9.17) is 18.6 Å². The SMILES string of the molecule is COc1ccc(C(=O)N/C(=C\c2ccco2)C(=O)Nc2ccc(OC(C)C)cc2)cc1OC. The number of hydrogen-bond donors (Lipinski definition) is 2. The van der Waals surface area contributed by atoms with Gasteiger partial charge < -0.3 is 29.3 Å². The number of ether oxygens (including phenoxy) is 3. The van der Waals surface area contributed by atoms with Crippen molar-refractivity contribution in [2.45, 2.75) is 20.0 Å². The van der Waals surface area contributed by atoms with Crippen molar-refractivity contribution in [3.63, 3.8) is 0 Å². The Kier molecular flexibility index (Phi) is 7.75. The first-order valence-electron chi connectivity index (χ1n) is 10.3. The summed E-state index contributed by atoms with van der Waals surface area (Å²) in [6.07, 6.45) is 2.97. The van der Waals surface area contributed by atoms with E-state index in [-0.39, 0.29) is 11.8 Å². The normalized spacial score (nSPS) is 11.1. The number of benzene rings is 2. The van der Waals surface area contributed by atoms with Gasteiger partial charge in [-0.1, -0.05) is 0 Å². The van der Waals surface area contributed by atoms with Gasteiger partial charge in [-0.05, 0) is 68.4 Å². The molecular weight excluding hydrogens is 424 g/mol. The maximum atomic E-state index is 13.0. The summed E-state index contributed by atoms with van der Waals surface area (Å²) in [6, 6.07) is 15.0. The highest BCUT2D eigenvalue weighted by molar-refractivity contribution is 6.10. The fourth-order valence-electron chi connectivity index (χ4n) is 2.93. The van der Waals surface area contributed by atoms with Crippen LogP contribution in [0.1, 0.15) is 30.0 Å². The number of rotatable bonds is 9. The van der Waals surface area contributed by atoms with E-state index in [0.29, 0.717) is 34.3 Å². The largest absolute Gasteiger partial charge is 0.493 e. The van der Waals surface area contributed by atoms with Crippen LogP contribution in [0, 0.1) is 0 Å². The highest BCUT2D eigenvalue weighted by Crippen LogP contribution is 2.27. The van der Waals surface area contributed by atoms with Crippen LogP contribution in [0.25, 0.3) is 6.08 Å². The zero-order valence-corrected chi connectivity index (χ0v) is 18.9. The minimum Gasteiger partial charge on any atom is -0.493 e. The molecule has 2 N–H and O–H groups in total. The van der Waals surface area contributed by atoms with Crippen molar-refractivity contribution >= 4 is 23.6 Å². The van der Waals surface area contributed by atoms with E-state index in [1.807, 2.05) is 13.8 Å². The summed E-state index contributed by atoms with van der Waals surface area (Å²) in [5.41, 5.74) is 0.843. The van der Waals surface area contributed by atoms with E-state index in [1.165, 1.54) is 32.6 Å². The zero-order valence-electron chi connectivity index (χ0n) is 18.9. The molecule has 2 amide bonds. The molecule has 0 saturated carbocycles. The van der Waals surface area contributed by atoms with Crippen LogP contribution in [0.4, 0.5) is 5.69 Å². The molecule has 0 bridgehead atoms. The Bertz CT molecular complexity index is 1120. The predicted octanol–water partition coefficient (Wildman–Crippen LogP) is 4.49. The molecule has 0 saturated heterocycles. The first kappa shape index (κ1) is 23.5. The number of carbonyl (C=O) groups is 2. The molecule has 0 radical (unpaired) electrons. The molecule has 0 atom stereocenters. The molecule has 172 valence electrons. The first-order chi connectivity index (χ1) is 15.9. The van der Waals surface area contributed by atoms with Gasteiger partial charge in [0.15, 0.2) is 11.5 Å². The van der Waals surface area contributed by atoms with E-state index in [9.17, 15) is 9.59 Å². The predicted molar refractivity (Wildman–Crippen MR) is 125 cm³/mol. The average Bonchev–Trinajstić information content (AvgIpc) is 3.32. The molecule has 2 aromatic carbocycles. The van der Waals surface area contributed by atoms with Gasteiger partial charge in [-0.15, -0.1) is 0 Å². The molecule has 1 heterocycles. The van der Waals surface area contributed by atoms with Crippen molar-refractivity contribution in [2.75, 3.05) is 19.5 Å². The third-order valence-electron chi connectivity index (χ3n) is 4.45. The summed E-state index contributed by atoms with van der Waals surface area (Å²) in [4.78, 5) is 25.9. The number of methoxy groups -OCH3 is 2. The van der Waals surface area contributed by atoms with Crippen molar-refractivity contribution in [1.82, 2.24) is 5.32 Å². The van der Waals surface area contributed by atoms with Gasteiger partial charge in [0.2, 0.25) is 0 Å². The van der Waals surface area contributed by atoms with Crippen molar-refractivity contribution < 1.29 is 28.2 Å². The molecule has 3 aromatic rings. The summed E-state index contributed by atoms with van der Waals surface area (Å²) in [6.45, 7) is 3.87. The fourth-order valence-corrected chi connectivity index (χ4v) is 2.93. The summed E-state index contributed by atoms with van der Waals surface area (Å²) < 4.78 is 21.4. The molecule has 0 fully saturated rings. The molecular formula is C25H26N2O6. The third-order valence-corrected chi connectivity index (χ3v) is 4.45. The molecule has 8 heteroatoms. The molecule has 1 aromatic heterocycles. The molecule has 0 unspecified atom stereocenters. The van der Waals surface area contributed by atoms with Crippen LogP contribution in [0.15, 0.2) is 71.0 Å². The van der Waals surface area contributed by atoms with Gasteiger partial charge in [0.05, 0.1) is 26.6 Å². The van der Waals surface area contributed by atoms with Crippen LogP contribution >= 0.6 is 0 Å². The lowest BCUT2D eigenvalue weighted by Crippen LogP contribution is -2.30. The Hall–Kier alpha value is -4.20. The Morgan fingerprint density at radius 3 is 2.30 bits per heavy atom. The van der Waals surface area contributed by atoms with Gasteiger partial charge in [-0.25, -0.2) is 0 Å². The molecule has 0 aliphatic carbocycles. The smallest absolute Gasteiger partial charge is 0.272 e. The molecule has 0 spiro atoms. The summed E-state index contributed by atoms with van der Waals surface area (Å²) in [5.74, 6) is 0.977. The maximum Gasteiger partial charge on any atom is 0.272 e. The van der Waals surface area contributed by atoms with Gasteiger partial charge in [0.1, 0.15) is 17.2 Å². The third kappa shape index (κ3) is 6.39. The lowest BCUT2D eigenvalue weighted by Gasteiger charge is -2.13. The fraction of sp³-hybridized carbons (Fsp3) is 0.200. The minimum absolute atomic E-state index is 0.00671. The summed E-state index contributed by atoms with van der Waals surface area (Å²) >= 11 is 0. The van der Waals surface area contributed by atoms with Gasteiger partial charge in [0.25, 0.3) is 11.8 Å². The van der Waals surface area contributed by atoms with Crippen molar-refractivity contribution in [2.24, 2.45) is 0 Å². The van der Waals surface area contributed by atoms with Crippen molar-refractivity contribution in [1.29, 1.82) is 0 Å². The highest BCUT2D eigenvalue weighted by atomic mass is 16.5. The summed E-state index contributed by atoms with van der Waals surface area (Å²) in [5, 5.41) is 5.42. The number of carbonyl (C=O) groups excluding carboxylic acids is 2. The molecule has 3 rings (SSSR count). The first-order valence-corrected chi connectivity index (χ1v) is 10.3. The maximum absolute atomic E-state index is 13.0. The Morgan fingerprint density at radius 1 is 0.970 bits per heavy atom. The van der Waals surface area contributed by atoms with Gasteiger partial charge in [-0.2, -0.15) is 0 Å². The van der Waals surface area contributed by atoms with Crippen molar-refractivity contribution in [3.05, 3.63) is 77.9 Å². The monoisotopic (exact) mass is 450 g/mol. The average molecular weight is 450 g/mol. The number of nitrogens with one attached hydrogen (secondary N) is 2. The van der Waals surface area contributed by atoms with Gasteiger partial charge in [-0.3, -0.25) is 9.59 Å². The lowest BCUT2D eigenvalue weighted by atomic mass is 10.1. The second kappa shape index (κ2) is 10.9. The van der Waals surface area contributed by atoms with Crippen LogP contribution in [0.3, 0.4) is 0 Å². The van der Waals surface area contributed by atoms with Gasteiger partial charge >= 0.3 is 0 Å². The topological polar surface area (TPSA) is 99.0 Å². The van der Waals surface area contributed by atoms with E-state index in [0.717, 1.165) is 0 Å². The van der Waals surface area contributed by atoms with Crippen LogP contribution < -0.4 is 24.8 Å². The van der Waals surface area contributed by atoms with E-state index < -0.39 is 11.8 Å². The number of anilines is 1. The minimum atomic E-state index is -0.516. The van der Waals surface area contributed by atoms with E-state index in [1.54, 1.807) is 48.5 Å². The molecule has 0 aliphatic heterocycles. The molecule has 33 heavy (non-hydrogen) atoms. The van der Waals surface area contributed by atoms with Crippen LogP contribution in [0.5, 0.6) is 17.2 Å². The van der Waals surface area contributed by atoms with Gasteiger partial charge in [0, 0.05) is 17.3 Å². The quantitative estimate of drug-likeness (QED) is 0.466. The standard InChI is InChI=1S/C25H26N2O6/c1-16(2)33-19-10-8-18(9-11-19)26-25(29)21(15-20-6-5-13-32-20)27-24(28)17-7-12-22(30-3)23(14-17)31-4/h5-16H,1-4H3,(H,26,29)(H,27,28)/b21-15-. The summed E-state index contributed by atoms with van der Waals surface area (Å²) in [7, 11) is 2.99. The highest BCUT2D eigenvalue weighted by Gasteiger charge is 2.17. The van der Waals surface area contributed by atoms with Crippen LogP contribution in [-0.2, 0) is 4.79 Å². The molecule has 0 aliphatic rings. The number of furan rings is 1. The number of amides is 2. The van der Waals surface area contributed by atoms with Crippen LogP contribution in [-0.4, -0.2) is 32.1 Å². The Morgan fingerprint density at radius 2 is 1.70 bits per heavy atom. The molecule has 8 nitrogen and oxygen atoms in total. The second-order valence-electron chi connectivity index (χ2n) is 7.24. The Balaban J connectivity index is 1.80. The second-order valence-corrected chi connectivity index (χ2v) is 7.24. The zero-order chi connectivity index (χ0) is 23.8. The lowest BCUT2D eigenvalue weighted by molar-refractivity contribution is -0.113. The van der Waals surface area contributed by atoms with E-state index >= 15 is 0 Å². The Labute approximate surface area is 192 Å². The number of hydrogen-bond acceptors (Lipinski definition) is 6.